The lowest BCUT2D eigenvalue weighted by atomic mass is 10.1. The molecule has 1 aromatic heterocycles. The molecule has 2 unspecified atom stereocenters. The first-order valence-electron chi connectivity index (χ1n) is 6.37. The zero-order valence-corrected chi connectivity index (χ0v) is 11.5. The van der Waals surface area contributed by atoms with E-state index in [1.54, 1.807) is 6.92 Å². The summed E-state index contributed by atoms with van der Waals surface area (Å²) in [6, 6.07) is 1.40. The number of hydrogen-bond acceptors (Lipinski definition) is 4. The quantitative estimate of drug-likeness (QED) is 0.929. The maximum atomic E-state index is 12.8. The molecule has 1 fully saturated rings. The van der Waals surface area contributed by atoms with Crippen molar-refractivity contribution in [2.45, 2.75) is 31.7 Å². The molecule has 1 N–H and O–H groups in total. The molecule has 0 aromatic carbocycles. The zero-order chi connectivity index (χ0) is 15.8. The predicted molar refractivity (Wildman–Crippen MR) is 68.4 cm³/mol. The normalized spacial score (nSPS) is 22.3. The van der Waals surface area contributed by atoms with E-state index in [1.165, 1.54) is 11.9 Å². The maximum absolute atomic E-state index is 12.8. The first-order valence-corrected chi connectivity index (χ1v) is 6.37. The number of hydrogen-bond donors (Lipinski definition) is 1. The highest BCUT2D eigenvalue weighted by Gasteiger charge is 2.36. The topological polar surface area (TPSA) is 62.7 Å². The number of pyridine rings is 1. The average molecular weight is 304 g/mol. The van der Waals surface area contributed by atoms with E-state index in [0.29, 0.717) is 19.1 Å². The Morgan fingerprint density at radius 2 is 2.14 bits per heavy atom. The highest BCUT2D eigenvalue weighted by atomic mass is 19.4. The monoisotopic (exact) mass is 304 g/mol. The summed E-state index contributed by atoms with van der Waals surface area (Å²) in [6.45, 7) is 2.28. The van der Waals surface area contributed by atoms with Crippen LogP contribution in [0.5, 0.6) is 0 Å². The molecule has 2 rings (SSSR count). The third kappa shape index (κ3) is 3.10. The van der Waals surface area contributed by atoms with Crippen molar-refractivity contribution in [2.75, 3.05) is 18.6 Å². The number of carboxylic acid groups (broad SMARTS) is 1. The van der Waals surface area contributed by atoms with Gasteiger partial charge in [0.25, 0.3) is 0 Å². The molecule has 21 heavy (non-hydrogen) atoms. The van der Waals surface area contributed by atoms with Crippen LogP contribution in [0, 0.1) is 0 Å². The molecule has 1 aromatic rings. The second-order valence-electron chi connectivity index (χ2n) is 4.91. The highest BCUT2D eigenvalue weighted by molar-refractivity contribution is 5.93. The van der Waals surface area contributed by atoms with Crippen molar-refractivity contribution >= 4 is 11.8 Å². The summed E-state index contributed by atoms with van der Waals surface area (Å²) in [5, 5.41) is 9.14. The lowest BCUT2D eigenvalue weighted by Crippen LogP contribution is -2.38. The van der Waals surface area contributed by atoms with Crippen molar-refractivity contribution in [2.24, 2.45) is 0 Å². The van der Waals surface area contributed by atoms with Gasteiger partial charge in [-0.2, -0.15) is 13.2 Å². The van der Waals surface area contributed by atoms with Crippen LogP contribution in [0.2, 0.25) is 0 Å². The number of alkyl halides is 3. The van der Waals surface area contributed by atoms with Gasteiger partial charge in [-0.1, -0.05) is 0 Å². The molecular weight excluding hydrogens is 289 g/mol. The third-order valence-electron chi connectivity index (χ3n) is 3.56. The van der Waals surface area contributed by atoms with Crippen LogP contribution in [-0.4, -0.2) is 41.9 Å². The van der Waals surface area contributed by atoms with Gasteiger partial charge < -0.3 is 14.7 Å². The van der Waals surface area contributed by atoms with Crippen LogP contribution in [0.1, 0.15) is 29.4 Å². The van der Waals surface area contributed by atoms with Gasteiger partial charge in [0.05, 0.1) is 12.1 Å². The third-order valence-corrected chi connectivity index (χ3v) is 3.56. The van der Waals surface area contributed by atoms with E-state index in [2.05, 4.69) is 4.98 Å². The van der Waals surface area contributed by atoms with Crippen molar-refractivity contribution in [1.29, 1.82) is 0 Å². The fourth-order valence-electron chi connectivity index (χ4n) is 2.43. The molecule has 0 aliphatic carbocycles. The molecule has 0 amide bonds. The average Bonchev–Trinajstić information content (AvgIpc) is 2.82. The Balaban J connectivity index is 2.45. The van der Waals surface area contributed by atoms with Gasteiger partial charge in [-0.05, 0) is 25.5 Å². The lowest BCUT2D eigenvalue weighted by molar-refractivity contribution is -0.141. The SMILES string of the molecule is CC1OCCC1N(C)c1nc(C(F)(F)F)ccc1C(=O)O. The molecule has 2 atom stereocenters. The number of anilines is 1. The largest absolute Gasteiger partial charge is 0.478 e. The summed E-state index contributed by atoms with van der Waals surface area (Å²) in [5.74, 6) is -1.51. The molecule has 0 bridgehead atoms. The Morgan fingerprint density at radius 3 is 2.62 bits per heavy atom. The van der Waals surface area contributed by atoms with Gasteiger partial charge in [0.1, 0.15) is 17.1 Å². The van der Waals surface area contributed by atoms with Crippen LogP contribution in [-0.2, 0) is 10.9 Å². The molecule has 0 spiro atoms. The number of carbonyl (C=O) groups is 1. The Morgan fingerprint density at radius 1 is 1.48 bits per heavy atom. The summed E-state index contributed by atoms with van der Waals surface area (Å²) < 4.78 is 43.7. The van der Waals surface area contributed by atoms with Gasteiger partial charge in [-0.3, -0.25) is 0 Å². The van der Waals surface area contributed by atoms with Crippen LogP contribution in [0.25, 0.3) is 0 Å². The summed E-state index contributed by atoms with van der Waals surface area (Å²) in [6.07, 6.45) is -4.22. The van der Waals surface area contributed by atoms with Crippen molar-refractivity contribution in [3.05, 3.63) is 23.4 Å². The molecular formula is C13H15F3N2O3. The number of likely N-dealkylation sites (N-methyl/N-ethyl adjacent to an activating group) is 1. The Bertz CT molecular complexity index is 548. The number of nitrogens with zero attached hydrogens (tertiary/aromatic N) is 2. The number of rotatable bonds is 3. The first-order chi connectivity index (χ1) is 9.71. The molecule has 1 aliphatic rings. The number of aromatic nitrogens is 1. The van der Waals surface area contributed by atoms with Gasteiger partial charge in [0.2, 0.25) is 0 Å². The van der Waals surface area contributed by atoms with Gasteiger partial charge in [-0.25, -0.2) is 9.78 Å². The standard InChI is InChI=1S/C13H15F3N2O3/c1-7-9(5-6-21-7)18(2)11-8(12(19)20)3-4-10(17-11)13(14,15)16/h3-4,7,9H,5-6H2,1-2H3,(H,19,20). The van der Waals surface area contributed by atoms with Crippen LogP contribution in [0.15, 0.2) is 12.1 Å². The predicted octanol–water partition coefficient (Wildman–Crippen LogP) is 2.41. The van der Waals surface area contributed by atoms with Crippen molar-refractivity contribution < 1.29 is 27.8 Å². The minimum Gasteiger partial charge on any atom is -0.478 e. The lowest BCUT2D eigenvalue weighted by Gasteiger charge is -2.29. The summed E-state index contributed by atoms with van der Waals surface area (Å²) in [4.78, 5) is 16.2. The van der Waals surface area contributed by atoms with Crippen LogP contribution >= 0.6 is 0 Å². The van der Waals surface area contributed by atoms with E-state index in [1.807, 2.05) is 0 Å². The fourth-order valence-corrected chi connectivity index (χ4v) is 2.43. The van der Waals surface area contributed by atoms with E-state index in [9.17, 15) is 18.0 Å². The van der Waals surface area contributed by atoms with E-state index in [0.717, 1.165) is 6.07 Å². The summed E-state index contributed by atoms with van der Waals surface area (Å²) >= 11 is 0. The number of halogens is 3. The van der Waals surface area contributed by atoms with Crippen molar-refractivity contribution in [3.8, 4) is 0 Å². The molecule has 1 saturated heterocycles. The second-order valence-corrected chi connectivity index (χ2v) is 4.91. The maximum Gasteiger partial charge on any atom is 0.433 e. The number of aromatic carboxylic acids is 1. The molecule has 116 valence electrons. The van der Waals surface area contributed by atoms with Crippen molar-refractivity contribution in [1.82, 2.24) is 4.98 Å². The first kappa shape index (κ1) is 15.6. The van der Waals surface area contributed by atoms with Gasteiger partial charge >= 0.3 is 12.1 Å². The Labute approximate surface area is 119 Å². The molecule has 8 heteroatoms. The summed E-state index contributed by atoms with van der Waals surface area (Å²) in [7, 11) is 1.53. The molecule has 0 radical (unpaired) electrons. The second kappa shape index (κ2) is 5.51. The molecule has 5 nitrogen and oxygen atoms in total. The molecule has 2 heterocycles. The van der Waals surface area contributed by atoms with E-state index >= 15 is 0 Å². The zero-order valence-electron chi connectivity index (χ0n) is 11.5. The molecule has 1 aliphatic heterocycles. The fraction of sp³-hybridized carbons (Fsp3) is 0.538. The Kier molecular flexibility index (Phi) is 4.08. The minimum atomic E-state index is -4.62. The van der Waals surface area contributed by atoms with Gasteiger partial charge in [0, 0.05) is 13.7 Å². The number of ether oxygens (including phenoxy) is 1. The van der Waals surface area contributed by atoms with E-state index in [-0.39, 0.29) is 23.5 Å². The van der Waals surface area contributed by atoms with Gasteiger partial charge in [-0.15, -0.1) is 0 Å². The van der Waals surface area contributed by atoms with E-state index < -0.39 is 17.8 Å². The van der Waals surface area contributed by atoms with Crippen LogP contribution < -0.4 is 4.90 Å². The van der Waals surface area contributed by atoms with Crippen LogP contribution in [0.4, 0.5) is 19.0 Å². The molecule has 0 saturated carbocycles. The van der Waals surface area contributed by atoms with Gasteiger partial charge in [0.15, 0.2) is 0 Å². The van der Waals surface area contributed by atoms with Crippen molar-refractivity contribution in [3.63, 3.8) is 0 Å². The number of carboxylic acids is 1. The smallest absolute Gasteiger partial charge is 0.433 e. The Hall–Kier alpha value is -1.83. The highest BCUT2D eigenvalue weighted by Crippen LogP contribution is 2.32. The van der Waals surface area contributed by atoms with Crippen LogP contribution in [0.3, 0.4) is 0 Å². The van der Waals surface area contributed by atoms with E-state index in [4.69, 9.17) is 9.84 Å². The summed E-state index contributed by atoms with van der Waals surface area (Å²) in [5.41, 5.74) is -1.37. The minimum absolute atomic E-state index is 0.195.